The minimum absolute atomic E-state index is 0.195. The van der Waals surface area contributed by atoms with Crippen molar-refractivity contribution in [2.24, 2.45) is 0 Å². The highest BCUT2D eigenvalue weighted by Gasteiger charge is 2.30. The zero-order valence-corrected chi connectivity index (χ0v) is 13.7. The lowest BCUT2D eigenvalue weighted by Gasteiger charge is -2.22. The van der Waals surface area contributed by atoms with E-state index < -0.39 is 6.09 Å². The molecule has 1 fully saturated rings. The van der Waals surface area contributed by atoms with Crippen molar-refractivity contribution < 1.29 is 9.53 Å². The van der Waals surface area contributed by atoms with Gasteiger partial charge in [-0.1, -0.05) is 11.6 Å². The normalized spacial score (nSPS) is 18.4. The van der Waals surface area contributed by atoms with Crippen LogP contribution in [-0.4, -0.2) is 35.2 Å². The fourth-order valence-corrected chi connectivity index (χ4v) is 3.13. The third kappa shape index (κ3) is 3.99. The Bertz CT molecular complexity index is 576. The number of carbonyl (C=O) groups excluding carboxylic acids is 1. The lowest BCUT2D eigenvalue weighted by atomic mass is 10.1. The van der Waals surface area contributed by atoms with Crippen molar-refractivity contribution in [2.45, 2.75) is 38.8 Å². The number of carbonyl (C=O) groups is 1. The van der Waals surface area contributed by atoms with Crippen LogP contribution in [0.15, 0.2) is 0 Å². The Kier molecular flexibility index (Phi) is 4.59. The molecular formula is C13H17ClN4O2S. The summed E-state index contributed by atoms with van der Waals surface area (Å²) in [6.07, 6.45) is 0.106. The van der Waals surface area contributed by atoms with Gasteiger partial charge in [-0.2, -0.15) is 9.64 Å². The molecule has 0 bridgehead atoms. The number of nitrogens with one attached hydrogen (secondary N) is 1. The van der Waals surface area contributed by atoms with Crippen molar-refractivity contribution in [3.63, 3.8) is 0 Å². The number of nitriles is 1. The number of ether oxygens (including phenoxy) is 1. The van der Waals surface area contributed by atoms with Crippen LogP contribution in [0.1, 0.15) is 32.8 Å². The van der Waals surface area contributed by atoms with Gasteiger partial charge < -0.3 is 15.0 Å². The van der Waals surface area contributed by atoms with E-state index >= 15 is 0 Å². The highest BCUT2D eigenvalue weighted by Crippen LogP contribution is 2.33. The second-order valence-corrected chi connectivity index (χ2v) is 7.01. The van der Waals surface area contributed by atoms with Crippen molar-refractivity contribution in [1.82, 2.24) is 9.69 Å². The molecule has 0 saturated carbocycles. The van der Waals surface area contributed by atoms with Crippen molar-refractivity contribution in [3.8, 4) is 6.07 Å². The van der Waals surface area contributed by atoms with Crippen LogP contribution in [0.3, 0.4) is 0 Å². The molecule has 1 aromatic heterocycles. The molecule has 0 aliphatic carbocycles. The molecule has 0 radical (unpaired) electrons. The second-order valence-electron chi connectivity index (χ2n) is 5.90. The van der Waals surface area contributed by atoms with Gasteiger partial charge in [0, 0.05) is 18.5 Å². The molecule has 1 saturated heterocycles. The highest BCUT2D eigenvalue weighted by molar-refractivity contribution is 7.10. The summed E-state index contributed by atoms with van der Waals surface area (Å²) in [4.78, 5) is 13.7. The Hall–Kier alpha value is -1.52. The first-order valence-corrected chi connectivity index (χ1v) is 7.74. The largest absolute Gasteiger partial charge is 0.444 e. The van der Waals surface area contributed by atoms with Crippen LogP contribution >= 0.6 is 23.1 Å². The summed E-state index contributed by atoms with van der Waals surface area (Å²) in [5.41, 5.74) is 0.0654. The van der Waals surface area contributed by atoms with Gasteiger partial charge in [-0.15, -0.1) is 0 Å². The van der Waals surface area contributed by atoms with Crippen LogP contribution in [0.4, 0.5) is 9.80 Å². The van der Waals surface area contributed by atoms with Gasteiger partial charge in [0.25, 0.3) is 0 Å². The number of alkyl carbamates (subject to hydrolysis) is 1. The number of nitrogens with zero attached hydrogens (tertiary/aromatic N) is 3. The van der Waals surface area contributed by atoms with E-state index in [9.17, 15) is 4.79 Å². The first-order chi connectivity index (χ1) is 9.80. The first kappa shape index (κ1) is 15.9. The standard InChI is InChI=1S/C13H17ClN4O2S/c1-13(2,3)16-12(19)20-8-4-5-18(7-8)11-9(6-15)10(14)17-21-11/h8H,4-5,7H2,1-3H3,(H,16,19)/t8-/m0/s1. The Morgan fingerprint density at radius 3 is 2.95 bits per heavy atom. The van der Waals surface area contributed by atoms with Crippen LogP contribution in [-0.2, 0) is 4.74 Å². The molecule has 1 atom stereocenters. The van der Waals surface area contributed by atoms with Gasteiger partial charge in [0.15, 0.2) is 5.15 Å². The van der Waals surface area contributed by atoms with Gasteiger partial charge in [-0.25, -0.2) is 4.79 Å². The summed E-state index contributed by atoms with van der Waals surface area (Å²) in [5.74, 6) is 0. The maximum atomic E-state index is 11.8. The summed E-state index contributed by atoms with van der Waals surface area (Å²) in [7, 11) is 0. The van der Waals surface area contributed by atoms with Gasteiger partial charge in [0.2, 0.25) is 0 Å². The van der Waals surface area contributed by atoms with E-state index in [4.69, 9.17) is 21.6 Å². The van der Waals surface area contributed by atoms with E-state index in [2.05, 4.69) is 15.8 Å². The fourth-order valence-electron chi connectivity index (χ4n) is 2.07. The third-order valence-corrected chi connectivity index (χ3v) is 4.21. The Labute approximate surface area is 132 Å². The summed E-state index contributed by atoms with van der Waals surface area (Å²) in [6, 6.07) is 2.06. The topological polar surface area (TPSA) is 78.2 Å². The Morgan fingerprint density at radius 1 is 1.62 bits per heavy atom. The number of rotatable bonds is 2. The molecular weight excluding hydrogens is 312 g/mol. The number of halogens is 1. The zero-order valence-electron chi connectivity index (χ0n) is 12.1. The summed E-state index contributed by atoms with van der Waals surface area (Å²) in [6.45, 7) is 6.95. The number of hydrogen-bond acceptors (Lipinski definition) is 6. The van der Waals surface area contributed by atoms with Crippen molar-refractivity contribution >= 4 is 34.2 Å². The predicted molar refractivity (Wildman–Crippen MR) is 81.8 cm³/mol. The SMILES string of the molecule is CC(C)(C)NC(=O)O[C@H]1CCN(c2snc(Cl)c2C#N)C1. The van der Waals surface area contributed by atoms with Gasteiger partial charge in [-0.05, 0) is 32.3 Å². The lowest BCUT2D eigenvalue weighted by molar-refractivity contribution is 0.101. The van der Waals surface area contributed by atoms with Crippen LogP contribution in [0.25, 0.3) is 0 Å². The average molecular weight is 329 g/mol. The third-order valence-electron chi connectivity index (χ3n) is 2.93. The molecule has 1 aromatic rings. The summed E-state index contributed by atoms with van der Waals surface area (Å²) >= 11 is 7.07. The molecule has 1 N–H and O–H groups in total. The molecule has 0 spiro atoms. The quantitative estimate of drug-likeness (QED) is 0.903. The van der Waals surface area contributed by atoms with E-state index in [1.54, 1.807) is 0 Å². The summed E-state index contributed by atoms with van der Waals surface area (Å²) < 4.78 is 9.39. The molecule has 2 rings (SSSR count). The van der Waals surface area contributed by atoms with E-state index in [0.29, 0.717) is 18.7 Å². The van der Waals surface area contributed by atoms with Crippen molar-refractivity contribution in [2.75, 3.05) is 18.0 Å². The minimum atomic E-state index is -0.419. The van der Waals surface area contributed by atoms with E-state index in [1.807, 2.05) is 25.7 Å². The zero-order chi connectivity index (χ0) is 15.6. The van der Waals surface area contributed by atoms with Crippen molar-refractivity contribution in [3.05, 3.63) is 10.7 Å². The number of amides is 1. The molecule has 1 aliphatic heterocycles. The number of hydrogen-bond donors (Lipinski definition) is 1. The van der Waals surface area contributed by atoms with Gasteiger partial charge in [0.05, 0.1) is 6.54 Å². The Morgan fingerprint density at radius 2 is 2.33 bits per heavy atom. The van der Waals surface area contributed by atoms with Gasteiger partial charge >= 0.3 is 6.09 Å². The molecule has 0 aromatic carbocycles. The monoisotopic (exact) mass is 328 g/mol. The lowest BCUT2D eigenvalue weighted by Crippen LogP contribution is -2.42. The Balaban J connectivity index is 1.95. The van der Waals surface area contributed by atoms with Gasteiger partial charge in [-0.3, -0.25) is 0 Å². The predicted octanol–water partition coefficient (Wildman–Crippen LogP) is 2.77. The van der Waals surface area contributed by atoms with E-state index in [1.165, 1.54) is 11.5 Å². The molecule has 8 heteroatoms. The molecule has 0 unspecified atom stereocenters. The molecule has 2 heterocycles. The van der Waals surface area contributed by atoms with Crippen LogP contribution in [0.5, 0.6) is 0 Å². The van der Waals surface area contributed by atoms with Crippen LogP contribution in [0.2, 0.25) is 5.15 Å². The average Bonchev–Trinajstić information content (AvgIpc) is 2.92. The molecule has 21 heavy (non-hydrogen) atoms. The second kappa shape index (κ2) is 6.08. The minimum Gasteiger partial charge on any atom is -0.444 e. The van der Waals surface area contributed by atoms with Crippen LogP contribution < -0.4 is 10.2 Å². The molecule has 1 aliphatic rings. The van der Waals surface area contributed by atoms with Crippen molar-refractivity contribution in [1.29, 1.82) is 5.26 Å². The highest BCUT2D eigenvalue weighted by atomic mass is 35.5. The smallest absolute Gasteiger partial charge is 0.407 e. The number of anilines is 1. The summed E-state index contributed by atoms with van der Waals surface area (Å²) in [5, 5.41) is 12.8. The maximum absolute atomic E-state index is 11.8. The van der Waals surface area contributed by atoms with Crippen LogP contribution in [0, 0.1) is 11.3 Å². The van der Waals surface area contributed by atoms with E-state index in [0.717, 1.165) is 11.4 Å². The molecule has 6 nitrogen and oxygen atoms in total. The number of aromatic nitrogens is 1. The fraction of sp³-hybridized carbons (Fsp3) is 0.615. The maximum Gasteiger partial charge on any atom is 0.407 e. The van der Waals surface area contributed by atoms with E-state index in [-0.39, 0.29) is 16.8 Å². The van der Waals surface area contributed by atoms with Gasteiger partial charge in [0.1, 0.15) is 22.7 Å². The molecule has 114 valence electrons. The molecule has 1 amide bonds. The first-order valence-electron chi connectivity index (χ1n) is 6.59.